The van der Waals surface area contributed by atoms with Crippen molar-refractivity contribution in [3.05, 3.63) is 77.2 Å². The molecule has 118 valence electrons. The number of aryl methyl sites for hydroxylation is 1. The van der Waals surface area contributed by atoms with Crippen molar-refractivity contribution in [2.24, 2.45) is 0 Å². The Morgan fingerprint density at radius 1 is 0.917 bits per heavy atom. The summed E-state index contributed by atoms with van der Waals surface area (Å²) >= 11 is 0. The highest BCUT2D eigenvalue weighted by atomic mass is 16.1. The molecule has 2 heterocycles. The Hall–Kier alpha value is -2.88. The zero-order chi connectivity index (χ0) is 16.4. The lowest BCUT2D eigenvalue weighted by molar-refractivity contribution is 0.0971. The van der Waals surface area contributed by atoms with Crippen molar-refractivity contribution in [3.63, 3.8) is 0 Å². The molecule has 0 fully saturated rings. The Kier molecular flexibility index (Phi) is 3.87. The van der Waals surface area contributed by atoms with Gasteiger partial charge in [0, 0.05) is 24.7 Å². The molecular formula is C20H17N3O. The van der Waals surface area contributed by atoms with Crippen molar-refractivity contribution in [3.8, 4) is 11.5 Å². The van der Waals surface area contributed by atoms with Crippen molar-refractivity contribution in [1.82, 2.24) is 15.0 Å². The number of carbonyl (C=O) groups is 1. The van der Waals surface area contributed by atoms with Crippen LogP contribution in [-0.4, -0.2) is 20.7 Å². The monoisotopic (exact) mass is 315 g/mol. The molecule has 0 saturated carbocycles. The third kappa shape index (κ3) is 2.95. The van der Waals surface area contributed by atoms with Gasteiger partial charge in [-0.15, -0.1) is 0 Å². The lowest BCUT2D eigenvalue weighted by atomic mass is 9.96. The SMILES string of the molecule is O=C1CCCc2nc(-c3cccc(Cc4ccccc4)n3)ncc21. The number of benzene rings is 1. The maximum Gasteiger partial charge on any atom is 0.178 e. The zero-order valence-electron chi connectivity index (χ0n) is 13.3. The number of rotatable bonds is 3. The third-order valence-electron chi connectivity index (χ3n) is 4.25. The quantitative estimate of drug-likeness (QED) is 0.740. The third-order valence-corrected chi connectivity index (χ3v) is 4.25. The molecule has 4 nitrogen and oxygen atoms in total. The summed E-state index contributed by atoms with van der Waals surface area (Å²) in [4.78, 5) is 25.5. The summed E-state index contributed by atoms with van der Waals surface area (Å²) in [6.07, 6.45) is 4.73. The second-order valence-corrected chi connectivity index (χ2v) is 6.01. The second kappa shape index (κ2) is 6.32. The van der Waals surface area contributed by atoms with E-state index in [1.54, 1.807) is 6.20 Å². The van der Waals surface area contributed by atoms with Gasteiger partial charge in [0.2, 0.25) is 0 Å². The Labute approximate surface area is 140 Å². The molecule has 0 unspecified atom stereocenters. The van der Waals surface area contributed by atoms with Crippen LogP contribution < -0.4 is 0 Å². The van der Waals surface area contributed by atoms with Gasteiger partial charge in [-0.25, -0.2) is 15.0 Å². The molecule has 2 aromatic heterocycles. The van der Waals surface area contributed by atoms with Crippen molar-refractivity contribution in [1.29, 1.82) is 0 Å². The number of pyridine rings is 1. The number of hydrogen-bond donors (Lipinski definition) is 0. The van der Waals surface area contributed by atoms with Crippen LogP contribution >= 0.6 is 0 Å². The molecule has 0 amide bonds. The predicted octanol–water partition coefficient (Wildman–Crippen LogP) is 3.65. The number of fused-ring (bicyclic) bond motifs is 1. The lowest BCUT2D eigenvalue weighted by Crippen LogP contribution is -2.14. The van der Waals surface area contributed by atoms with E-state index in [1.807, 2.05) is 36.4 Å². The summed E-state index contributed by atoms with van der Waals surface area (Å²) < 4.78 is 0. The van der Waals surface area contributed by atoms with Gasteiger partial charge in [0.05, 0.1) is 11.3 Å². The molecule has 0 atom stereocenters. The first-order chi connectivity index (χ1) is 11.8. The largest absolute Gasteiger partial charge is 0.294 e. The molecule has 0 saturated heterocycles. The van der Waals surface area contributed by atoms with Gasteiger partial charge >= 0.3 is 0 Å². The summed E-state index contributed by atoms with van der Waals surface area (Å²) in [5.74, 6) is 0.743. The Balaban J connectivity index is 1.65. The van der Waals surface area contributed by atoms with Gasteiger partial charge < -0.3 is 0 Å². The van der Waals surface area contributed by atoms with E-state index in [1.165, 1.54) is 5.56 Å². The second-order valence-electron chi connectivity index (χ2n) is 6.01. The van der Waals surface area contributed by atoms with E-state index in [0.29, 0.717) is 17.8 Å². The first-order valence-electron chi connectivity index (χ1n) is 8.19. The number of ketones is 1. The molecule has 1 aromatic carbocycles. The molecule has 24 heavy (non-hydrogen) atoms. The lowest BCUT2D eigenvalue weighted by Gasteiger charge is -2.13. The van der Waals surface area contributed by atoms with Crippen molar-refractivity contribution in [2.45, 2.75) is 25.7 Å². The van der Waals surface area contributed by atoms with E-state index in [0.717, 1.165) is 36.3 Å². The zero-order valence-corrected chi connectivity index (χ0v) is 13.3. The van der Waals surface area contributed by atoms with Gasteiger partial charge in [0.25, 0.3) is 0 Å². The van der Waals surface area contributed by atoms with Crippen LogP contribution in [-0.2, 0) is 12.8 Å². The topological polar surface area (TPSA) is 55.7 Å². The molecule has 1 aliphatic rings. The molecular weight excluding hydrogens is 298 g/mol. The highest BCUT2D eigenvalue weighted by Gasteiger charge is 2.20. The molecule has 4 heteroatoms. The van der Waals surface area contributed by atoms with Crippen LogP contribution in [0.3, 0.4) is 0 Å². The molecule has 0 N–H and O–H groups in total. The van der Waals surface area contributed by atoms with Crippen LogP contribution in [0.5, 0.6) is 0 Å². The highest BCUT2D eigenvalue weighted by molar-refractivity contribution is 5.97. The number of carbonyl (C=O) groups excluding carboxylic acids is 1. The fourth-order valence-corrected chi connectivity index (χ4v) is 3.02. The standard InChI is InChI=1S/C20H17N3O/c24-19-11-5-9-17-16(19)13-21-20(23-17)18-10-4-8-15(22-18)12-14-6-2-1-3-7-14/h1-4,6-8,10,13H,5,9,11-12H2. The van der Waals surface area contributed by atoms with Crippen LogP contribution in [0.4, 0.5) is 0 Å². The maximum atomic E-state index is 11.9. The number of Topliss-reactive ketones (excluding diaryl/α,β-unsaturated/α-hetero) is 1. The molecule has 3 aromatic rings. The van der Waals surface area contributed by atoms with E-state index >= 15 is 0 Å². The van der Waals surface area contributed by atoms with Gasteiger partial charge in [-0.3, -0.25) is 4.79 Å². The first-order valence-corrected chi connectivity index (χ1v) is 8.19. The van der Waals surface area contributed by atoms with E-state index in [-0.39, 0.29) is 5.78 Å². The maximum absolute atomic E-state index is 11.9. The molecule has 4 rings (SSSR count). The van der Waals surface area contributed by atoms with Crippen molar-refractivity contribution < 1.29 is 4.79 Å². The van der Waals surface area contributed by atoms with Crippen LogP contribution in [0.1, 0.15) is 40.2 Å². The average molecular weight is 315 g/mol. The minimum Gasteiger partial charge on any atom is -0.294 e. The molecule has 1 aliphatic carbocycles. The number of hydrogen-bond acceptors (Lipinski definition) is 4. The minimum atomic E-state index is 0.147. The summed E-state index contributed by atoms with van der Waals surface area (Å²) in [6, 6.07) is 16.2. The Morgan fingerprint density at radius 2 is 1.79 bits per heavy atom. The fraction of sp³-hybridized carbons (Fsp3) is 0.200. The van der Waals surface area contributed by atoms with Gasteiger partial charge in [0.15, 0.2) is 11.6 Å². The summed E-state index contributed by atoms with van der Waals surface area (Å²) in [7, 11) is 0. The molecule has 0 spiro atoms. The predicted molar refractivity (Wildman–Crippen MR) is 91.8 cm³/mol. The van der Waals surface area contributed by atoms with Gasteiger partial charge in [-0.2, -0.15) is 0 Å². The van der Waals surface area contributed by atoms with Crippen LogP contribution in [0.2, 0.25) is 0 Å². The Morgan fingerprint density at radius 3 is 2.67 bits per heavy atom. The highest BCUT2D eigenvalue weighted by Crippen LogP contribution is 2.22. The van der Waals surface area contributed by atoms with Crippen LogP contribution in [0.25, 0.3) is 11.5 Å². The van der Waals surface area contributed by atoms with E-state index < -0.39 is 0 Å². The van der Waals surface area contributed by atoms with Crippen molar-refractivity contribution >= 4 is 5.78 Å². The summed E-state index contributed by atoms with van der Waals surface area (Å²) in [5, 5.41) is 0. The summed E-state index contributed by atoms with van der Waals surface area (Å²) in [6.45, 7) is 0. The normalized spacial score (nSPS) is 13.6. The number of nitrogens with zero attached hydrogens (tertiary/aromatic N) is 3. The molecule has 0 radical (unpaired) electrons. The van der Waals surface area contributed by atoms with Crippen molar-refractivity contribution in [2.75, 3.05) is 0 Å². The van der Waals surface area contributed by atoms with Gasteiger partial charge in [0.1, 0.15) is 5.69 Å². The molecule has 0 bridgehead atoms. The number of aromatic nitrogens is 3. The van der Waals surface area contributed by atoms with Crippen LogP contribution in [0, 0.1) is 0 Å². The van der Waals surface area contributed by atoms with E-state index in [9.17, 15) is 4.79 Å². The smallest absolute Gasteiger partial charge is 0.178 e. The minimum absolute atomic E-state index is 0.147. The molecule has 0 aliphatic heterocycles. The average Bonchev–Trinajstić information content (AvgIpc) is 2.63. The first kappa shape index (κ1) is 14.7. The van der Waals surface area contributed by atoms with Gasteiger partial charge in [-0.1, -0.05) is 36.4 Å². The van der Waals surface area contributed by atoms with Crippen LogP contribution in [0.15, 0.2) is 54.7 Å². The fourth-order valence-electron chi connectivity index (χ4n) is 3.02. The van der Waals surface area contributed by atoms with Gasteiger partial charge in [-0.05, 0) is 30.5 Å². The van der Waals surface area contributed by atoms with E-state index in [2.05, 4.69) is 22.1 Å². The van der Waals surface area contributed by atoms with E-state index in [4.69, 9.17) is 4.98 Å². The summed E-state index contributed by atoms with van der Waals surface area (Å²) in [5.41, 5.74) is 4.48. The Bertz CT molecular complexity index is 890.